The second-order valence-electron chi connectivity index (χ2n) is 6.25. The molecule has 1 atom stereocenters. The zero-order valence-electron chi connectivity index (χ0n) is 14.1. The van der Waals surface area contributed by atoms with Gasteiger partial charge in [-0.05, 0) is 38.2 Å². The summed E-state index contributed by atoms with van der Waals surface area (Å²) in [7, 11) is 0. The van der Waals surface area contributed by atoms with Crippen molar-refractivity contribution in [3.8, 4) is 0 Å². The Hall–Kier alpha value is -2.10. The van der Waals surface area contributed by atoms with E-state index in [4.69, 9.17) is 0 Å². The highest BCUT2D eigenvalue weighted by Gasteiger charge is 2.22. The van der Waals surface area contributed by atoms with Gasteiger partial charge in [0.15, 0.2) is 0 Å². The molecular formula is C19H26N4. The average molecular weight is 310 g/mol. The van der Waals surface area contributed by atoms with E-state index in [1.807, 2.05) is 13.0 Å². The van der Waals surface area contributed by atoms with Crippen LogP contribution in [0.25, 0.3) is 0 Å². The van der Waals surface area contributed by atoms with Crippen molar-refractivity contribution in [2.45, 2.75) is 52.1 Å². The molecule has 3 rings (SSSR count). The lowest BCUT2D eigenvalue weighted by atomic mass is 10.00. The van der Waals surface area contributed by atoms with E-state index in [1.54, 1.807) is 0 Å². The molecule has 1 N–H and O–H groups in total. The number of rotatable bonds is 5. The van der Waals surface area contributed by atoms with E-state index in [-0.39, 0.29) is 0 Å². The second kappa shape index (κ2) is 7.44. The first-order chi connectivity index (χ1) is 11.3. The normalized spacial score (nSPS) is 18.0. The van der Waals surface area contributed by atoms with E-state index in [9.17, 15) is 0 Å². The number of benzene rings is 1. The largest absolute Gasteiger partial charge is 0.366 e. The van der Waals surface area contributed by atoms with Crippen LogP contribution >= 0.6 is 0 Å². The minimum absolute atomic E-state index is 0.611. The molecule has 4 heteroatoms. The van der Waals surface area contributed by atoms with Crippen molar-refractivity contribution in [2.24, 2.45) is 0 Å². The summed E-state index contributed by atoms with van der Waals surface area (Å²) in [6, 6.07) is 13.1. The van der Waals surface area contributed by atoms with Crippen LogP contribution < -0.4 is 10.2 Å². The Morgan fingerprint density at radius 3 is 2.78 bits per heavy atom. The summed E-state index contributed by atoms with van der Waals surface area (Å²) in [6.07, 6.45) is 5.03. The van der Waals surface area contributed by atoms with Crippen molar-refractivity contribution in [2.75, 3.05) is 16.8 Å². The molecule has 4 nitrogen and oxygen atoms in total. The Bertz CT molecular complexity index is 627. The van der Waals surface area contributed by atoms with Gasteiger partial charge in [0.05, 0.1) is 0 Å². The van der Waals surface area contributed by atoms with Crippen LogP contribution in [0.2, 0.25) is 0 Å². The quantitative estimate of drug-likeness (QED) is 0.900. The number of nitrogens with zero attached hydrogens (tertiary/aromatic N) is 3. The zero-order chi connectivity index (χ0) is 16.1. The van der Waals surface area contributed by atoms with Crippen LogP contribution in [0.5, 0.6) is 0 Å². The van der Waals surface area contributed by atoms with Crippen molar-refractivity contribution in [3.05, 3.63) is 47.8 Å². The van der Waals surface area contributed by atoms with Crippen molar-refractivity contribution in [1.82, 2.24) is 9.97 Å². The zero-order valence-corrected chi connectivity index (χ0v) is 14.1. The molecule has 1 aromatic heterocycles. The molecule has 0 saturated carbocycles. The molecule has 0 spiro atoms. The summed E-state index contributed by atoms with van der Waals surface area (Å²) in [5.41, 5.74) is 1.26. The van der Waals surface area contributed by atoms with Crippen molar-refractivity contribution in [1.29, 1.82) is 0 Å². The molecule has 2 aromatic rings. The molecule has 122 valence electrons. The summed E-state index contributed by atoms with van der Waals surface area (Å²) < 4.78 is 0. The van der Waals surface area contributed by atoms with E-state index in [1.165, 1.54) is 31.2 Å². The molecule has 2 heterocycles. The topological polar surface area (TPSA) is 41.0 Å². The first kappa shape index (κ1) is 15.8. The number of nitrogens with one attached hydrogen (secondary N) is 1. The Labute approximate surface area is 139 Å². The fourth-order valence-corrected chi connectivity index (χ4v) is 3.30. The van der Waals surface area contributed by atoms with Crippen LogP contribution in [0.3, 0.4) is 0 Å². The highest BCUT2D eigenvalue weighted by Crippen LogP contribution is 2.26. The maximum absolute atomic E-state index is 4.69. The summed E-state index contributed by atoms with van der Waals surface area (Å²) in [5.74, 6) is 2.81. The molecule has 0 aliphatic carbocycles. The van der Waals surface area contributed by atoms with Crippen LogP contribution in [-0.4, -0.2) is 22.6 Å². The van der Waals surface area contributed by atoms with Crippen molar-refractivity contribution < 1.29 is 0 Å². The molecule has 1 unspecified atom stereocenters. The van der Waals surface area contributed by atoms with E-state index in [2.05, 4.69) is 57.4 Å². The maximum atomic E-state index is 4.69. The third kappa shape index (κ3) is 4.01. The van der Waals surface area contributed by atoms with E-state index in [0.717, 1.165) is 30.5 Å². The van der Waals surface area contributed by atoms with Crippen LogP contribution in [0.1, 0.15) is 44.0 Å². The summed E-state index contributed by atoms with van der Waals surface area (Å²) in [4.78, 5) is 11.7. The summed E-state index contributed by atoms with van der Waals surface area (Å²) in [5, 5.41) is 3.44. The predicted molar refractivity (Wildman–Crippen MR) is 95.8 cm³/mol. The Morgan fingerprint density at radius 1 is 1.17 bits per heavy atom. The van der Waals surface area contributed by atoms with Gasteiger partial charge in [-0.2, -0.15) is 0 Å². The fourth-order valence-electron chi connectivity index (χ4n) is 3.30. The molecule has 0 amide bonds. The van der Waals surface area contributed by atoms with Gasteiger partial charge in [0.2, 0.25) is 0 Å². The van der Waals surface area contributed by atoms with E-state index >= 15 is 0 Å². The lowest BCUT2D eigenvalue weighted by Gasteiger charge is -2.36. The first-order valence-electron chi connectivity index (χ1n) is 8.66. The number of hydrogen-bond acceptors (Lipinski definition) is 4. The predicted octanol–water partition coefficient (Wildman–Crippen LogP) is 4.17. The maximum Gasteiger partial charge on any atom is 0.134 e. The fraction of sp³-hybridized carbons (Fsp3) is 0.474. The minimum Gasteiger partial charge on any atom is -0.366 e. The monoisotopic (exact) mass is 310 g/mol. The van der Waals surface area contributed by atoms with Gasteiger partial charge in [-0.15, -0.1) is 0 Å². The van der Waals surface area contributed by atoms with Gasteiger partial charge >= 0.3 is 0 Å². The SMILES string of the molecule is CCC1CCCCN1c1cc(NCc2ccccc2)nc(C)n1. The number of hydrogen-bond donors (Lipinski definition) is 1. The van der Waals surface area contributed by atoms with Gasteiger partial charge in [0.25, 0.3) is 0 Å². The summed E-state index contributed by atoms with van der Waals surface area (Å²) >= 11 is 0. The Morgan fingerprint density at radius 2 is 2.00 bits per heavy atom. The molecular weight excluding hydrogens is 284 g/mol. The molecule has 1 aliphatic heterocycles. The molecule has 23 heavy (non-hydrogen) atoms. The van der Waals surface area contributed by atoms with Crippen molar-refractivity contribution >= 4 is 11.6 Å². The van der Waals surface area contributed by atoms with Gasteiger partial charge in [0, 0.05) is 25.2 Å². The average Bonchev–Trinajstić information content (AvgIpc) is 2.60. The second-order valence-corrected chi connectivity index (χ2v) is 6.25. The molecule has 1 aromatic carbocycles. The van der Waals surface area contributed by atoms with E-state index < -0.39 is 0 Å². The molecule has 0 radical (unpaired) electrons. The first-order valence-corrected chi connectivity index (χ1v) is 8.66. The number of aryl methyl sites for hydroxylation is 1. The lowest BCUT2D eigenvalue weighted by Crippen LogP contribution is -2.39. The highest BCUT2D eigenvalue weighted by atomic mass is 15.2. The van der Waals surface area contributed by atoms with Crippen molar-refractivity contribution in [3.63, 3.8) is 0 Å². The van der Waals surface area contributed by atoms with E-state index in [0.29, 0.717) is 6.04 Å². The van der Waals surface area contributed by atoms with Gasteiger partial charge < -0.3 is 10.2 Å². The van der Waals surface area contributed by atoms with Gasteiger partial charge in [0.1, 0.15) is 17.5 Å². The van der Waals surface area contributed by atoms with Crippen LogP contribution in [0, 0.1) is 6.92 Å². The van der Waals surface area contributed by atoms with Gasteiger partial charge in [-0.25, -0.2) is 9.97 Å². The lowest BCUT2D eigenvalue weighted by molar-refractivity contribution is 0.446. The third-order valence-corrected chi connectivity index (χ3v) is 4.53. The highest BCUT2D eigenvalue weighted by molar-refractivity contribution is 5.50. The number of aromatic nitrogens is 2. The smallest absolute Gasteiger partial charge is 0.134 e. The van der Waals surface area contributed by atoms with Crippen LogP contribution in [0.4, 0.5) is 11.6 Å². The van der Waals surface area contributed by atoms with Crippen LogP contribution in [0.15, 0.2) is 36.4 Å². The van der Waals surface area contributed by atoms with Crippen LogP contribution in [-0.2, 0) is 6.54 Å². The number of anilines is 2. The molecule has 0 bridgehead atoms. The van der Waals surface area contributed by atoms with Gasteiger partial charge in [-0.3, -0.25) is 0 Å². The third-order valence-electron chi connectivity index (χ3n) is 4.53. The summed E-state index contributed by atoms with van der Waals surface area (Å²) in [6.45, 7) is 6.13. The minimum atomic E-state index is 0.611. The molecule has 1 saturated heterocycles. The molecule has 1 aliphatic rings. The standard InChI is InChI=1S/C19H26N4/c1-3-17-11-7-8-12-23(17)19-13-18(21-15(2)22-19)20-14-16-9-5-4-6-10-16/h4-6,9-10,13,17H,3,7-8,11-12,14H2,1-2H3,(H,20,21,22). The van der Waals surface area contributed by atoms with Gasteiger partial charge in [-0.1, -0.05) is 37.3 Å². The number of piperidine rings is 1. The Kier molecular flexibility index (Phi) is 5.11. The Balaban J connectivity index is 1.76. The molecule has 1 fully saturated rings.